The van der Waals surface area contributed by atoms with Gasteiger partial charge < -0.3 is 10.0 Å². The quantitative estimate of drug-likeness (QED) is 0.913. The number of hydrogen-bond acceptors (Lipinski definition) is 2. The Labute approximate surface area is 110 Å². The summed E-state index contributed by atoms with van der Waals surface area (Å²) in [5, 5.41) is 9.46. The number of benzene rings is 1. The fourth-order valence-corrected chi connectivity index (χ4v) is 2.10. The topological polar surface area (TPSA) is 57.6 Å². The molecule has 1 amide bonds. The summed E-state index contributed by atoms with van der Waals surface area (Å²) >= 11 is 5.75. The van der Waals surface area contributed by atoms with Gasteiger partial charge >= 0.3 is 5.97 Å². The number of carbonyl (C=O) groups is 2. The number of carbonyl (C=O) groups excluding carboxylic acids is 1. The van der Waals surface area contributed by atoms with Crippen LogP contribution < -0.4 is 0 Å². The van der Waals surface area contributed by atoms with Crippen LogP contribution in [0.1, 0.15) is 17.3 Å². The first-order chi connectivity index (χ1) is 8.49. The molecule has 1 aliphatic rings. The van der Waals surface area contributed by atoms with Crippen LogP contribution in [0.3, 0.4) is 0 Å². The van der Waals surface area contributed by atoms with E-state index in [0.29, 0.717) is 23.7 Å². The lowest BCUT2D eigenvalue weighted by Gasteiger charge is -2.41. The third-order valence-corrected chi connectivity index (χ3v) is 3.64. The van der Waals surface area contributed by atoms with Crippen LogP contribution in [-0.4, -0.2) is 35.0 Å². The number of hydrogen-bond donors (Lipinski definition) is 1. The molecule has 96 valence electrons. The van der Waals surface area contributed by atoms with Crippen LogP contribution in [0.25, 0.3) is 0 Å². The zero-order valence-electron chi connectivity index (χ0n) is 9.97. The van der Waals surface area contributed by atoms with Crippen molar-refractivity contribution < 1.29 is 14.7 Å². The van der Waals surface area contributed by atoms with Gasteiger partial charge in [-0.2, -0.15) is 0 Å². The van der Waals surface area contributed by atoms with Gasteiger partial charge in [0.05, 0.1) is 5.92 Å². The summed E-state index contributed by atoms with van der Waals surface area (Å²) in [6.45, 7) is 2.70. The molecule has 1 aliphatic heterocycles. The number of amides is 1. The maximum Gasteiger partial charge on any atom is 0.306 e. The molecule has 1 aromatic carbocycles. The van der Waals surface area contributed by atoms with Gasteiger partial charge in [0.25, 0.3) is 5.91 Å². The Hall–Kier alpha value is -1.55. The van der Waals surface area contributed by atoms with Crippen LogP contribution in [0, 0.1) is 11.8 Å². The molecular weight excluding hydrogens is 254 g/mol. The van der Waals surface area contributed by atoms with E-state index in [1.165, 1.54) is 0 Å². The van der Waals surface area contributed by atoms with Gasteiger partial charge in [0.15, 0.2) is 0 Å². The molecule has 18 heavy (non-hydrogen) atoms. The molecule has 1 aromatic rings. The van der Waals surface area contributed by atoms with Crippen molar-refractivity contribution in [2.24, 2.45) is 11.8 Å². The van der Waals surface area contributed by atoms with Crippen molar-refractivity contribution in [1.82, 2.24) is 4.90 Å². The molecule has 1 atom stereocenters. The Morgan fingerprint density at radius 3 is 2.39 bits per heavy atom. The number of likely N-dealkylation sites (tertiary alicyclic amines) is 1. The number of aliphatic carboxylic acids is 1. The lowest BCUT2D eigenvalue weighted by Crippen LogP contribution is -2.53. The molecule has 2 rings (SSSR count). The normalized spacial score (nSPS) is 17.1. The highest BCUT2D eigenvalue weighted by molar-refractivity contribution is 6.30. The van der Waals surface area contributed by atoms with Gasteiger partial charge in [-0.05, 0) is 24.3 Å². The maximum atomic E-state index is 12.0. The number of carboxylic acids is 1. The highest BCUT2D eigenvalue weighted by Gasteiger charge is 2.37. The Morgan fingerprint density at radius 2 is 1.89 bits per heavy atom. The number of carboxylic acid groups (broad SMARTS) is 1. The molecule has 0 saturated carbocycles. The third-order valence-electron chi connectivity index (χ3n) is 3.38. The first-order valence-electron chi connectivity index (χ1n) is 5.76. The van der Waals surface area contributed by atoms with E-state index in [4.69, 9.17) is 16.7 Å². The second-order valence-electron chi connectivity index (χ2n) is 4.60. The minimum atomic E-state index is -0.807. The Balaban J connectivity index is 1.94. The van der Waals surface area contributed by atoms with Crippen LogP contribution in [0.2, 0.25) is 5.02 Å². The second kappa shape index (κ2) is 4.98. The fraction of sp³-hybridized carbons (Fsp3) is 0.385. The van der Waals surface area contributed by atoms with Gasteiger partial charge in [-0.25, -0.2) is 0 Å². The summed E-state index contributed by atoms with van der Waals surface area (Å²) in [7, 11) is 0. The van der Waals surface area contributed by atoms with E-state index in [1.54, 1.807) is 36.1 Å². The van der Waals surface area contributed by atoms with Crippen molar-refractivity contribution in [3.63, 3.8) is 0 Å². The average molecular weight is 268 g/mol. The van der Waals surface area contributed by atoms with Crippen molar-refractivity contribution in [2.45, 2.75) is 6.92 Å². The minimum Gasteiger partial charge on any atom is -0.481 e. The molecule has 0 aliphatic carbocycles. The zero-order valence-corrected chi connectivity index (χ0v) is 10.7. The summed E-state index contributed by atoms with van der Waals surface area (Å²) in [6, 6.07) is 6.70. The van der Waals surface area contributed by atoms with Gasteiger partial charge in [-0.1, -0.05) is 18.5 Å². The number of halogens is 1. The lowest BCUT2D eigenvalue weighted by molar-refractivity contribution is -0.144. The first-order valence-corrected chi connectivity index (χ1v) is 6.14. The standard InChI is InChI=1S/C13H14ClNO3/c1-8(13(17)18)10-6-15(7-10)12(16)9-2-4-11(14)5-3-9/h2-5,8,10H,6-7H2,1H3,(H,17,18). The molecule has 0 spiro atoms. The van der Waals surface area contributed by atoms with Crippen LogP contribution in [0.4, 0.5) is 0 Å². The average Bonchev–Trinajstić information content (AvgIpc) is 2.27. The van der Waals surface area contributed by atoms with Crippen LogP contribution in [-0.2, 0) is 4.79 Å². The highest BCUT2D eigenvalue weighted by Crippen LogP contribution is 2.25. The lowest BCUT2D eigenvalue weighted by atomic mass is 9.86. The molecule has 0 radical (unpaired) electrons. The zero-order chi connectivity index (χ0) is 13.3. The predicted octanol–water partition coefficient (Wildman–Crippen LogP) is 2.13. The van der Waals surface area contributed by atoms with Gasteiger partial charge in [0.1, 0.15) is 0 Å². The van der Waals surface area contributed by atoms with E-state index >= 15 is 0 Å². The largest absolute Gasteiger partial charge is 0.481 e. The van der Waals surface area contributed by atoms with Crippen LogP contribution in [0.15, 0.2) is 24.3 Å². The van der Waals surface area contributed by atoms with Crippen molar-refractivity contribution in [1.29, 1.82) is 0 Å². The minimum absolute atomic E-state index is 0.0544. The molecule has 5 heteroatoms. The molecule has 1 fully saturated rings. The van der Waals surface area contributed by atoms with E-state index in [1.807, 2.05) is 0 Å². The van der Waals surface area contributed by atoms with Gasteiger partial charge in [-0.3, -0.25) is 9.59 Å². The molecular formula is C13H14ClNO3. The molecule has 0 aromatic heterocycles. The van der Waals surface area contributed by atoms with Crippen molar-refractivity contribution >= 4 is 23.5 Å². The monoisotopic (exact) mass is 267 g/mol. The van der Waals surface area contributed by atoms with E-state index in [9.17, 15) is 9.59 Å². The van der Waals surface area contributed by atoms with E-state index < -0.39 is 11.9 Å². The molecule has 1 unspecified atom stereocenters. The Kier molecular flexibility index (Phi) is 3.57. The van der Waals surface area contributed by atoms with Crippen molar-refractivity contribution in [2.75, 3.05) is 13.1 Å². The first kappa shape index (κ1) is 12.9. The SMILES string of the molecule is CC(C(=O)O)C1CN(C(=O)c2ccc(Cl)cc2)C1. The molecule has 1 saturated heterocycles. The van der Waals surface area contributed by atoms with Gasteiger partial charge in [-0.15, -0.1) is 0 Å². The maximum absolute atomic E-state index is 12.0. The highest BCUT2D eigenvalue weighted by atomic mass is 35.5. The van der Waals surface area contributed by atoms with Crippen LogP contribution in [0.5, 0.6) is 0 Å². The summed E-state index contributed by atoms with van der Waals surface area (Å²) in [4.78, 5) is 24.5. The van der Waals surface area contributed by atoms with Crippen molar-refractivity contribution in [3.8, 4) is 0 Å². The summed E-state index contributed by atoms with van der Waals surface area (Å²) in [5.74, 6) is -1.22. The van der Waals surface area contributed by atoms with E-state index in [-0.39, 0.29) is 11.8 Å². The number of nitrogens with zero attached hydrogens (tertiary/aromatic N) is 1. The molecule has 1 heterocycles. The summed E-state index contributed by atoms with van der Waals surface area (Å²) in [5.41, 5.74) is 0.584. The summed E-state index contributed by atoms with van der Waals surface area (Å²) in [6.07, 6.45) is 0. The van der Waals surface area contributed by atoms with Crippen molar-refractivity contribution in [3.05, 3.63) is 34.9 Å². The number of rotatable bonds is 3. The van der Waals surface area contributed by atoms with Gasteiger partial charge in [0, 0.05) is 29.6 Å². The van der Waals surface area contributed by atoms with E-state index in [0.717, 1.165) is 0 Å². The molecule has 4 nitrogen and oxygen atoms in total. The third kappa shape index (κ3) is 2.48. The Morgan fingerprint density at radius 1 is 1.33 bits per heavy atom. The fourth-order valence-electron chi connectivity index (χ4n) is 1.97. The molecule has 1 N–H and O–H groups in total. The smallest absolute Gasteiger partial charge is 0.306 e. The summed E-state index contributed by atoms with van der Waals surface area (Å²) < 4.78 is 0. The van der Waals surface area contributed by atoms with Gasteiger partial charge in [0.2, 0.25) is 0 Å². The van der Waals surface area contributed by atoms with E-state index in [2.05, 4.69) is 0 Å². The predicted molar refractivity (Wildman–Crippen MR) is 67.6 cm³/mol. The Bertz CT molecular complexity index is 466. The second-order valence-corrected chi connectivity index (χ2v) is 5.04. The molecule has 0 bridgehead atoms. The van der Waals surface area contributed by atoms with Crippen LogP contribution >= 0.6 is 11.6 Å².